The molecule has 0 saturated heterocycles. The predicted octanol–water partition coefficient (Wildman–Crippen LogP) is 3.43. The molecule has 2 heterocycles. The fourth-order valence-corrected chi connectivity index (χ4v) is 5.67. The SMILES string of the molecule is Cc1cc(S(=O)(=O)N2CCNCc3ccccc32)sc1Cl.Cl. The van der Waals surface area contributed by atoms with Gasteiger partial charge in [0.1, 0.15) is 4.21 Å². The van der Waals surface area contributed by atoms with Crippen molar-refractivity contribution < 1.29 is 8.42 Å². The number of nitrogens with one attached hydrogen (secondary N) is 1. The Morgan fingerprint density at radius 1 is 1.32 bits per heavy atom. The lowest BCUT2D eigenvalue weighted by Crippen LogP contribution is -2.34. The van der Waals surface area contributed by atoms with Crippen LogP contribution in [0.2, 0.25) is 4.34 Å². The van der Waals surface area contributed by atoms with E-state index in [-0.39, 0.29) is 12.4 Å². The van der Waals surface area contributed by atoms with E-state index >= 15 is 0 Å². The molecule has 0 fully saturated rings. The molecule has 0 atom stereocenters. The number of hydrogen-bond donors (Lipinski definition) is 1. The third kappa shape index (κ3) is 3.12. The topological polar surface area (TPSA) is 49.4 Å². The second-order valence-electron chi connectivity index (χ2n) is 4.90. The van der Waals surface area contributed by atoms with E-state index < -0.39 is 10.0 Å². The van der Waals surface area contributed by atoms with Crippen LogP contribution >= 0.6 is 35.3 Å². The van der Waals surface area contributed by atoms with E-state index in [1.165, 1.54) is 4.31 Å². The molecule has 1 aromatic heterocycles. The lowest BCUT2D eigenvalue weighted by atomic mass is 10.2. The van der Waals surface area contributed by atoms with Crippen molar-refractivity contribution >= 4 is 51.1 Å². The van der Waals surface area contributed by atoms with Crippen molar-refractivity contribution in [2.75, 3.05) is 17.4 Å². The lowest BCUT2D eigenvalue weighted by Gasteiger charge is -2.23. The second kappa shape index (κ2) is 6.76. The summed E-state index contributed by atoms with van der Waals surface area (Å²) in [6.07, 6.45) is 0. The van der Waals surface area contributed by atoms with E-state index in [1.807, 2.05) is 31.2 Å². The quantitative estimate of drug-likeness (QED) is 0.870. The minimum Gasteiger partial charge on any atom is -0.311 e. The third-order valence-electron chi connectivity index (χ3n) is 3.45. The number of fused-ring (bicyclic) bond motifs is 1. The molecular formula is C14H16Cl2N2O2S2. The number of sulfonamides is 1. The summed E-state index contributed by atoms with van der Waals surface area (Å²) in [5.74, 6) is 0. The van der Waals surface area contributed by atoms with E-state index in [1.54, 1.807) is 6.07 Å². The summed E-state index contributed by atoms with van der Waals surface area (Å²) in [7, 11) is -3.57. The average Bonchev–Trinajstić information content (AvgIpc) is 2.69. The van der Waals surface area contributed by atoms with Crippen molar-refractivity contribution in [3.63, 3.8) is 0 Å². The molecule has 8 heteroatoms. The van der Waals surface area contributed by atoms with E-state index in [4.69, 9.17) is 11.6 Å². The van der Waals surface area contributed by atoms with Crippen molar-refractivity contribution in [2.45, 2.75) is 17.7 Å². The summed E-state index contributed by atoms with van der Waals surface area (Å²) in [6, 6.07) is 9.22. The zero-order valence-corrected chi connectivity index (χ0v) is 15.1. The fraction of sp³-hybridized carbons (Fsp3) is 0.286. The van der Waals surface area contributed by atoms with Gasteiger partial charge in [-0.3, -0.25) is 4.31 Å². The Balaban J connectivity index is 0.00000176. The maximum Gasteiger partial charge on any atom is 0.273 e. The van der Waals surface area contributed by atoms with Crippen LogP contribution in [0, 0.1) is 6.92 Å². The molecule has 22 heavy (non-hydrogen) atoms. The second-order valence-corrected chi connectivity index (χ2v) is 8.65. The Hall–Kier alpha value is -0.790. The summed E-state index contributed by atoms with van der Waals surface area (Å²) < 4.78 is 28.1. The molecule has 1 N–H and O–H groups in total. The van der Waals surface area contributed by atoms with Gasteiger partial charge < -0.3 is 5.32 Å². The molecule has 1 aliphatic rings. The van der Waals surface area contributed by atoms with E-state index in [0.717, 1.165) is 28.2 Å². The molecule has 0 aliphatic carbocycles. The Labute approximate surface area is 145 Å². The minimum absolute atomic E-state index is 0. The molecule has 0 unspecified atom stereocenters. The normalized spacial score (nSPS) is 14.9. The number of thiophene rings is 1. The maximum absolute atomic E-state index is 12.9. The molecule has 1 aliphatic heterocycles. The highest BCUT2D eigenvalue weighted by Gasteiger charge is 2.29. The highest BCUT2D eigenvalue weighted by molar-refractivity contribution is 7.94. The number of benzene rings is 1. The van der Waals surface area contributed by atoms with Gasteiger partial charge >= 0.3 is 0 Å². The van der Waals surface area contributed by atoms with Crippen molar-refractivity contribution in [1.82, 2.24) is 5.32 Å². The first kappa shape index (κ1) is 17.6. The summed E-state index contributed by atoms with van der Waals surface area (Å²) in [4.78, 5) is 0. The van der Waals surface area contributed by atoms with Gasteiger partial charge in [0.15, 0.2) is 0 Å². The van der Waals surface area contributed by atoms with Gasteiger partial charge in [-0.05, 0) is 30.2 Å². The highest BCUT2D eigenvalue weighted by atomic mass is 35.5. The van der Waals surface area contributed by atoms with Crippen molar-refractivity contribution in [1.29, 1.82) is 0 Å². The Bertz CT molecular complexity index is 755. The van der Waals surface area contributed by atoms with Crippen LogP contribution in [0.25, 0.3) is 0 Å². The zero-order valence-electron chi connectivity index (χ0n) is 11.9. The van der Waals surface area contributed by atoms with Crippen LogP contribution in [-0.2, 0) is 16.6 Å². The van der Waals surface area contributed by atoms with Gasteiger partial charge in [-0.2, -0.15) is 0 Å². The third-order valence-corrected chi connectivity index (χ3v) is 7.26. The molecule has 120 valence electrons. The summed E-state index contributed by atoms with van der Waals surface area (Å²) in [5.41, 5.74) is 2.52. The first-order valence-corrected chi connectivity index (χ1v) is 9.21. The number of anilines is 1. The number of aryl methyl sites for hydroxylation is 1. The van der Waals surface area contributed by atoms with Crippen LogP contribution in [0.5, 0.6) is 0 Å². The summed E-state index contributed by atoms with van der Waals surface area (Å²) in [6.45, 7) is 3.52. The van der Waals surface area contributed by atoms with Gasteiger partial charge in [0.25, 0.3) is 10.0 Å². The van der Waals surface area contributed by atoms with Crippen LogP contribution in [0.15, 0.2) is 34.5 Å². The molecule has 0 amide bonds. The largest absolute Gasteiger partial charge is 0.311 e. The lowest BCUT2D eigenvalue weighted by molar-refractivity contribution is 0.591. The molecule has 3 rings (SSSR count). The van der Waals surface area contributed by atoms with Crippen molar-refractivity contribution in [3.05, 3.63) is 45.8 Å². The van der Waals surface area contributed by atoms with E-state index in [9.17, 15) is 8.42 Å². The molecule has 0 bridgehead atoms. The van der Waals surface area contributed by atoms with Crippen LogP contribution in [0.4, 0.5) is 5.69 Å². The average molecular weight is 379 g/mol. The van der Waals surface area contributed by atoms with Crippen molar-refractivity contribution in [2.24, 2.45) is 0 Å². The van der Waals surface area contributed by atoms with E-state index in [0.29, 0.717) is 28.2 Å². The van der Waals surface area contributed by atoms with Crippen LogP contribution in [0.3, 0.4) is 0 Å². The molecule has 0 radical (unpaired) electrons. The molecule has 1 aromatic carbocycles. The van der Waals surface area contributed by atoms with Gasteiger partial charge in [0.2, 0.25) is 0 Å². The maximum atomic E-state index is 12.9. The number of nitrogens with zero attached hydrogens (tertiary/aromatic N) is 1. The molecule has 0 spiro atoms. The monoisotopic (exact) mass is 378 g/mol. The fourth-order valence-electron chi connectivity index (χ4n) is 2.34. The highest BCUT2D eigenvalue weighted by Crippen LogP contribution is 2.35. The van der Waals surface area contributed by atoms with E-state index in [2.05, 4.69) is 5.32 Å². The van der Waals surface area contributed by atoms with Crippen LogP contribution in [0.1, 0.15) is 11.1 Å². The number of halogens is 2. The molecule has 0 saturated carbocycles. The van der Waals surface area contributed by atoms with Crippen molar-refractivity contribution in [3.8, 4) is 0 Å². The Kier molecular flexibility index (Phi) is 5.40. The zero-order chi connectivity index (χ0) is 15.0. The Morgan fingerprint density at radius 3 is 2.73 bits per heavy atom. The van der Waals surface area contributed by atoms with Crippen LogP contribution in [-0.4, -0.2) is 21.5 Å². The predicted molar refractivity (Wildman–Crippen MR) is 94.0 cm³/mol. The Morgan fingerprint density at radius 2 is 2.05 bits per heavy atom. The summed E-state index contributed by atoms with van der Waals surface area (Å²) in [5, 5.41) is 3.24. The summed E-state index contributed by atoms with van der Waals surface area (Å²) >= 11 is 7.14. The molecule has 4 nitrogen and oxygen atoms in total. The standard InChI is InChI=1S/C14H15ClN2O2S2.ClH/c1-10-8-13(20-14(10)15)21(18,19)17-7-6-16-9-11-4-2-3-5-12(11)17;/h2-5,8,16H,6-7,9H2,1H3;1H. The minimum atomic E-state index is -3.57. The smallest absolute Gasteiger partial charge is 0.273 e. The molecule has 2 aromatic rings. The first-order chi connectivity index (χ1) is 10.00. The van der Waals surface area contributed by atoms with Gasteiger partial charge in [0.05, 0.1) is 10.0 Å². The van der Waals surface area contributed by atoms with Gasteiger partial charge in [0, 0.05) is 19.6 Å². The first-order valence-electron chi connectivity index (χ1n) is 6.57. The number of rotatable bonds is 2. The van der Waals surface area contributed by atoms with Gasteiger partial charge in [-0.1, -0.05) is 29.8 Å². The van der Waals surface area contributed by atoms with Gasteiger partial charge in [-0.15, -0.1) is 23.7 Å². The number of hydrogen-bond acceptors (Lipinski definition) is 4. The van der Waals surface area contributed by atoms with Crippen LogP contribution < -0.4 is 9.62 Å². The molecular weight excluding hydrogens is 363 g/mol. The number of para-hydroxylation sites is 1. The van der Waals surface area contributed by atoms with Gasteiger partial charge in [-0.25, -0.2) is 8.42 Å².